The van der Waals surface area contributed by atoms with Crippen molar-refractivity contribution in [3.05, 3.63) is 34.9 Å². The molecule has 0 bridgehead atoms. The van der Waals surface area contributed by atoms with Gasteiger partial charge in [-0.15, -0.1) is 0 Å². The van der Waals surface area contributed by atoms with E-state index >= 15 is 0 Å². The lowest BCUT2D eigenvalue weighted by Crippen LogP contribution is -2.29. The molecule has 0 heterocycles. The van der Waals surface area contributed by atoms with Gasteiger partial charge >= 0.3 is 5.97 Å². The highest BCUT2D eigenvalue weighted by atomic mass is 16.5. The van der Waals surface area contributed by atoms with Crippen molar-refractivity contribution in [2.75, 3.05) is 6.61 Å². The van der Waals surface area contributed by atoms with Gasteiger partial charge in [0.1, 0.15) is 6.04 Å². The Bertz CT molecular complexity index is 445. The highest BCUT2D eigenvalue weighted by Gasteiger charge is 2.14. The second kappa shape index (κ2) is 6.20. The predicted molar refractivity (Wildman–Crippen MR) is 78.2 cm³/mol. The Morgan fingerprint density at radius 1 is 1.37 bits per heavy atom. The second-order valence-corrected chi connectivity index (χ2v) is 6.10. The van der Waals surface area contributed by atoms with Crippen molar-refractivity contribution in [1.82, 2.24) is 0 Å². The SMILES string of the molecule is Cc1cc(C(C)(C)C)ccc1CCOC(=O)C(C)N. The fraction of sp³-hybridized carbons (Fsp3) is 0.562. The number of hydrogen-bond acceptors (Lipinski definition) is 3. The molecule has 0 spiro atoms. The van der Waals surface area contributed by atoms with Gasteiger partial charge in [0.05, 0.1) is 6.61 Å². The van der Waals surface area contributed by atoms with E-state index in [9.17, 15) is 4.79 Å². The molecule has 3 nitrogen and oxygen atoms in total. The Labute approximate surface area is 116 Å². The van der Waals surface area contributed by atoms with E-state index in [4.69, 9.17) is 10.5 Å². The van der Waals surface area contributed by atoms with Crippen molar-refractivity contribution in [1.29, 1.82) is 0 Å². The molecule has 0 aliphatic heterocycles. The average molecular weight is 263 g/mol. The van der Waals surface area contributed by atoms with Crippen LogP contribution in [0.4, 0.5) is 0 Å². The Morgan fingerprint density at radius 3 is 2.47 bits per heavy atom. The monoisotopic (exact) mass is 263 g/mol. The van der Waals surface area contributed by atoms with Gasteiger partial charge < -0.3 is 10.5 Å². The summed E-state index contributed by atoms with van der Waals surface area (Å²) < 4.78 is 5.10. The van der Waals surface area contributed by atoms with Crippen molar-refractivity contribution >= 4 is 5.97 Å². The van der Waals surface area contributed by atoms with Gasteiger partial charge in [-0.1, -0.05) is 39.0 Å². The summed E-state index contributed by atoms with van der Waals surface area (Å²) in [6.07, 6.45) is 0.731. The van der Waals surface area contributed by atoms with Crippen LogP contribution in [0.25, 0.3) is 0 Å². The van der Waals surface area contributed by atoms with Crippen LogP contribution < -0.4 is 5.73 Å². The van der Waals surface area contributed by atoms with E-state index in [0.717, 1.165) is 6.42 Å². The second-order valence-electron chi connectivity index (χ2n) is 6.10. The smallest absolute Gasteiger partial charge is 0.322 e. The highest BCUT2D eigenvalue weighted by molar-refractivity contribution is 5.74. The summed E-state index contributed by atoms with van der Waals surface area (Å²) in [5, 5.41) is 0. The first-order valence-corrected chi connectivity index (χ1v) is 6.74. The zero-order valence-corrected chi connectivity index (χ0v) is 12.6. The van der Waals surface area contributed by atoms with E-state index in [1.165, 1.54) is 16.7 Å². The summed E-state index contributed by atoms with van der Waals surface area (Å²) in [6.45, 7) is 10.7. The largest absolute Gasteiger partial charge is 0.464 e. The molecule has 2 N–H and O–H groups in total. The minimum absolute atomic E-state index is 0.157. The Morgan fingerprint density at radius 2 is 2.00 bits per heavy atom. The van der Waals surface area contributed by atoms with Gasteiger partial charge in [-0.25, -0.2) is 0 Å². The lowest BCUT2D eigenvalue weighted by Gasteiger charge is -2.20. The van der Waals surface area contributed by atoms with E-state index in [1.807, 2.05) is 0 Å². The molecule has 0 fully saturated rings. The number of benzene rings is 1. The van der Waals surface area contributed by atoms with Crippen molar-refractivity contribution in [3.8, 4) is 0 Å². The third kappa shape index (κ3) is 4.67. The van der Waals surface area contributed by atoms with Crippen LogP contribution in [0.1, 0.15) is 44.4 Å². The highest BCUT2D eigenvalue weighted by Crippen LogP contribution is 2.24. The van der Waals surface area contributed by atoms with Crippen molar-refractivity contribution in [2.45, 2.75) is 52.5 Å². The van der Waals surface area contributed by atoms with Gasteiger partial charge in [0.2, 0.25) is 0 Å². The summed E-state index contributed by atoms with van der Waals surface area (Å²) in [5.74, 6) is -0.344. The fourth-order valence-electron chi connectivity index (χ4n) is 1.84. The minimum atomic E-state index is -0.552. The number of carbonyl (C=O) groups excluding carboxylic acids is 1. The van der Waals surface area contributed by atoms with E-state index < -0.39 is 6.04 Å². The van der Waals surface area contributed by atoms with Crippen LogP contribution in [0.3, 0.4) is 0 Å². The van der Waals surface area contributed by atoms with Crippen LogP contribution in [-0.4, -0.2) is 18.6 Å². The Kier molecular flexibility index (Phi) is 5.12. The zero-order chi connectivity index (χ0) is 14.6. The number of hydrogen-bond donors (Lipinski definition) is 1. The average Bonchev–Trinajstić information content (AvgIpc) is 2.29. The molecule has 0 saturated heterocycles. The number of ether oxygens (including phenoxy) is 1. The van der Waals surface area contributed by atoms with Crippen LogP contribution in [0.15, 0.2) is 18.2 Å². The normalized spacial score (nSPS) is 13.2. The summed E-state index contributed by atoms with van der Waals surface area (Å²) >= 11 is 0. The van der Waals surface area contributed by atoms with Crippen LogP contribution in [0.5, 0.6) is 0 Å². The molecule has 0 aromatic heterocycles. The van der Waals surface area contributed by atoms with Gasteiger partial charge in [0, 0.05) is 6.42 Å². The molecule has 1 aromatic rings. The molecular formula is C16H25NO2. The quantitative estimate of drug-likeness (QED) is 0.850. The standard InChI is InChI=1S/C16H25NO2/c1-11-10-14(16(3,4)5)7-6-13(11)8-9-19-15(18)12(2)17/h6-7,10,12H,8-9,17H2,1-5H3. The molecular weight excluding hydrogens is 238 g/mol. The third-order valence-corrected chi connectivity index (χ3v) is 3.20. The molecule has 0 aliphatic rings. The third-order valence-electron chi connectivity index (χ3n) is 3.20. The van der Waals surface area contributed by atoms with E-state index in [0.29, 0.717) is 6.61 Å². The molecule has 19 heavy (non-hydrogen) atoms. The number of nitrogens with two attached hydrogens (primary N) is 1. The van der Waals surface area contributed by atoms with Gasteiger partial charge in [-0.05, 0) is 36.0 Å². The van der Waals surface area contributed by atoms with Crippen LogP contribution in [0.2, 0.25) is 0 Å². The number of carbonyl (C=O) groups is 1. The molecule has 0 amide bonds. The first kappa shape index (κ1) is 15.7. The maximum absolute atomic E-state index is 11.3. The topological polar surface area (TPSA) is 52.3 Å². The zero-order valence-electron chi connectivity index (χ0n) is 12.6. The summed E-state index contributed by atoms with van der Waals surface area (Å²) in [4.78, 5) is 11.3. The van der Waals surface area contributed by atoms with E-state index in [-0.39, 0.29) is 11.4 Å². The number of aryl methyl sites for hydroxylation is 1. The number of rotatable bonds is 4. The molecule has 1 atom stereocenters. The summed E-state index contributed by atoms with van der Waals surface area (Å²) in [7, 11) is 0. The molecule has 0 saturated carbocycles. The van der Waals surface area contributed by atoms with Gasteiger partial charge in [-0.2, -0.15) is 0 Å². The molecule has 0 radical (unpaired) electrons. The fourth-order valence-corrected chi connectivity index (χ4v) is 1.84. The summed E-state index contributed by atoms with van der Waals surface area (Å²) in [6, 6.07) is 5.93. The molecule has 0 aliphatic carbocycles. The Hall–Kier alpha value is -1.35. The van der Waals surface area contributed by atoms with Crippen LogP contribution in [0, 0.1) is 6.92 Å². The molecule has 1 unspecified atom stereocenters. The van der Waals surface area contributed by atoms with Crippen molar-refractivity contribution in [2.24, 2.45) is 5.73 Å². The maximum Gasteiger partial charge on any atom is 0.322 e. The molecule has 3 heteroatoms. The van der Waals surface area contributed by atoms with Crippen LogP contribution >= 0.6 is 0 Å². The van der Waals surface area contributed by atoms with Gasteiger partial charge in [0.15, 0.2) is 0 Å². The molecule has 106 valence electrons. The van der Waals surface area contributed by atoms with Crippen molar-refractivity contribution < 1.29 is 9.53 Å². The first-order valence-electron chi connectivity index (χ1n) is 6.74. The molecule has 1 aromatic carbocycles. The molecule has 1 rings (SSSR count). The number of esters is 1. The maximum atomic E-state index is 11.3. The Balaban J connectivity index is 2.64. The minimum Gasteiger partial charge on any atom is -0.464 e. The summed E-state index contributed by atoms with van der Waals surface area (Å²) in [5.41, 5.74) is 9.37. The first-order chi connectivity index (χ1) is 8.71. The van der Waals surface area contributed by atoms with Crippen LogP contribution in [-0.2, 0) is 21.4 Å². The van der Waals surface area contributed by atoms with E-state index in [1.54, 1.807) is 6.92 Å². The lowest BCUT2D eigenvalue weighted by molar-refractivity contribution is -0.144. The predicted octanol–water partition coefficient (Wildman–Crippen LogP) is 2.73. The van der Waals surface area contributed by atoms with Gasteiger partial charge in [-0.3, -0.25) is 4.79 Å². The van der Waals surface area contributed by atoms with E-state index in [2.05, 4.69) is 45.9 Å². The van der Waals surface area contributed by atoms with Crippen molar-refractivity contribution in [3.63, 3.8) is 0 Å². The lowest BCUT2D eigenvalue weighted by atomic mass is 9.85. The van der Waals surface area contributed by atoms with Gasteiger partial charge in [0.25, 0.3) is 0 Å².